The first-order valence-corrected chi connectivity index (χ1v) is 11.0. The van der Waals surface area contributed by atoms with Gasteiger partial charge in [-0.15, -0.1) is 0 Å². The molecule has 1 atom stereocenters. The van der Waals surface area contributed by atoms with E-state index in [4.69, 9.17) is 14.2 Å². The van der Waals surface area contributed by atoms with E-state index in [2.05, 4.69) is 5.32 Å². The quantitative estimate of drug-likeness (QED) is 0.405. The monoisotopic (exact) mass is 483 g/mol. The zero-order valence-corrected chi connectivity index (χ0v) is 20.4. The molecule has 186 valence electrons. The van der Waals surface area contributed by atoms with Crippen LogP contribution in [0.5, 0.6) is 11.5 Å². The molecular weight excluding hydrogens is 454 g/mol. The molecule has 10 nitrogen and oxygen atoms in total. The molecule has 0 aliphatic carbocycles. The summed E-state index contributed by atoms with van der Waals surface area (Å²) in [6, 6.07) is 8.66. The van der Waals surface area contributed by atoms with Crippen LogP contribution in [0.3, 0.4) is 0 Å². The number of ether oxygens (including phenoxy) is 3. The lowest BCUT2D eigenvalue weighted by atomic mass is 10.0. The molecule has 2 aromatic carbocycles. The third kappa shape index (κ3) is 5.43. The fourth-order valence-corrected chi connectivity index (χ4v) is 3.94. The van der Waals surface area contributed by atoms with Crippen molar-refractivity contribution in [3.05, 3.63) is 53.1 Å². The molecule has 1 heterocycles. The number of nitrogens with zero attached hydrogens (tertiary/aromatic N) is 2. The number of carbonyl (C=O) groups is 4. The molecule has 0 fully saturated rings. The Morgan fingerprint density at radius 1 is 1.06 bits per heavy atom. The minimum Gasteiger partial charge on any atom is -0.493 e. The Morgan fingerprint density at radius 3 is 2.43 bits per heavy atom. The fourth-order valence-electron chi connectivity index (χ4n) is 3.94. The number of amides is 3. The van der Waals surface area contributed by atoms with Crippen LogP contribution >= 0.6 is 0 Å². The second-order valence-electron chi connectivity index (χ2n) is 8.13. The van der Waals surface area contributed by atoms with Crippen molar-refractivity contribution in [1.29, 1.82) is 0 Å². The third-order valence-electron chi connectivity index (χ3n) is 5.45. The molecule has 0 bridgehead atoms. The molecule has 3 rings (SSSR count). The molecule has 0 spiro atoms. The summed E-state index contributed by atoms with van der Waals surface area (Å²) in [5, 5.41) is 2.71. The number of benzene rings is 2. The van der Waals surface area contributed by atoms with Gasteiger partial charge in [0.1, 0.15) is 0 Å². The van der Waals surface area contributed by atoms with E-state index in [9.17, 15) is 19.2 Å². The summed E-state index contributed by atoms with van der Waals surface area (Å²) in [6.45, 7) is 2.28. The highest BCUT2D eigenvalue weighted by Crippen LogP contribution is 2.39. The molecule has 0 saturated heterocycles. The van der Waals surface area contributed by atoms with Gasteiger partial charge in [-0.2, -0.15) is 0 Å². The Bertz CT molecular complexity index is 1150. The van der Waals surface area contributed by atoms with Crippen molar-refractivity contribution in [3.8, 4) is 11.5 Å². The highest BCUT2D eigenvalue weighted by molar-refractivity contribution is 6.24. The Hall–Kier alpha value is -3.92. The van der Waals surface area contributed by atoms with Crippen LogP contribution in [0.4, 0.5) is 5.69 Å². The zero-order valence-electron chi connectivity index (χ0n) is 20.4. The first-order chi connectivity index (χ1) is 16.7. The number of anilines is 1. The Balaban J connectivity index is 2.05. The maximum absolute atomic E-state index is 13.6. The molecule has 1 N–H and O–H groups in total. The molecule has 0 aromatic heterocycles. The molecular formula is C25H29N3O7. The van der Waals surface area contributed by atoms with Gasteiger partial charge < -0.3 is 24.4 Å². The Kier molecular flexibility index (Phi) is 8.08. The smallest absolute Gasteiger partial charge is 0.307 e. The predicted octanol–water partition coefficient (Wildman–Crippen LogP) is 2.49. The van der Waals surface area contributed by atoms with Crippen LogP contribution in [0.15, 0.2) is 36.4 Å². The van der Waals surface area contributed by atoms with Gasteiger partial charge in [-0.05, 0) is 50.8 Å². The van der Waals surface area contributed by atoms with Crippen molar-refractivity contribution in [1.82, 2.24) is 9.80 Å². The summed E-state index contributed by atoms with van der Waals surface area (Å²) < 4.78 is 15.8. The van der Waals surface area contributed by atoms with Gasteiger partial charge in [0.05, 0.1) is 56.6 Å². The molecule has 1 aliphatic rings. The average Bonchev–Trinajstić information content (AvgIpc) is 3.07. The van der Waals surface area contributed by atoms with Gasteiger partial charge in [0.15, 0.2) is 11.5 Å². The van der Waals surface area contributed by atoms with Crippen molar-refractivity contribution in [2.24, 2.45) is 0 Å². The summed E-state index contributed by atoms with van der Waals surface area (Å²) in [4.78, 5) is 54.4. The summed E-state index contributed by atoms with van der Waals surface area (Å²) >= 11 is 0. The number of hydrogen-bond donors (Lipinski definition) is 1. The second-order valence-corrected chi connectivity index (χ2v) is 8.13. The highest BCUT2D eigenvalue weighted by Gasteiger charge is 2.43. The number of hydrogen-bond acceptors (Lipinski definition) is 8. The van der Waals surface area contributed by atoms with Gasteiger partial charge in [0.2, 0.25) is 5.91 Å². The van der Waals surface area contributed by atoms with E-state index in [1.54, 1.807) is 49.3 Å². The largest absolute Gasteiger partial charge is 0.493 e. The number of likely N-dealkylation sites (N-methyl/N-ethyl adjacent to an activating group) is 1. The lowest BCUT2D eigenvalue weighted by molar-refractivity contribution is -0.141. The van der Waals surface area contributed by atoms with Crippen LogP contribution < -0.4 is 14.8 Å². The van der Waals surface area contributed by atoms with Gasteiger partial charge in [0, 0.05) is 0 Å². The van der Waals surface area contributed by atoms with Gasteiger partial charge >= 0.3 is 5.97 Å². The number of methoxy groups -OCH3 is 2. The van der Waals surface area contributed by atoms with Crippen molar-refractivity contribution in [2.45, 2.75) is 19.4 Å². The Morgan fingerprint density at radius 2 is 1.80 bits per heavy atom. The molecule has 1 unspecified atom stereocenters. The van der Waals surface area contributed by atoms with E-state index in [1.807, 2.05) is 6.92 Å². The summed E-state index contributed by atoms with van der Waals surface area (Å²) in [5.74, 6) is -1.23. The first-order valence-electron chi connectivity index (χ1n) is 11.0. The number of rotatable bonds is 10. The maximum atomic E-state index is 13.6. The van der Waals surface area contributed by atoms with Crippen LogP contribution in [0.1, 0.15) is 45.7 Å². The fraction of sp³-hybridized carbons (Fsp3) is 0.360. The standard InChI is InChI=1S/C25H29N3O7/c1-6-35-20-12-15(10-11-19(20)33-4)18(13-22(30)34-5)28-24(31)16-8-7-9-17(23(16)25(28)32)26-21(29)14-27(2)3/h7-12,18H,6,13-14H2,1-5H3,(H,26,29). The predicted molar refractivity (Wildman–Crippen MR) is 128 cm³/mol. The highest BCUT2D eigenvalue weighted by atomic mass is 16.5. The van der Waals surface area contributed by atoms with E-state index in [0.29, 0.717) is 23.7 Å². The van der Waals surface area contributed by atoms with Gasteiger partial charge in [-0.3, -0.25) is 24.1 Å². The SMILES string of the molecule is CCOc1cc(C(CC(=O)OC)N2C(=O)c3cccc(NC(=O)CN(C)C)c3C2=O)ccc1OC. The van der Waals surface area contributed by atoms with Gasteiger partial charge in [0.25, 0.3) is 11.8 Å². The number of fused-ring (bicyclic) bond motifs is 1. The van der Waals surface area contributed by atoms with Crippen LogP contribution in [0.2, 0.25) is 0 Å². The Labute approximate surface area is 203 Å². The molecule has 10 heteroatoms. The minimum absolute atomic E-state index is 0.0815. The average molecular weight is 484 g/mol. The lowest BCUT2D eigenvalue weighted by Gasteiger charge is -2.26. The first kappa shape index (κ1) is 25.7. The van der Waals surface area contributed by atoms with Crippen LogP contribution in [-0.4, -0.2) is 75.0 Å². The van der Waals surface area contributed by atoms with E-state index in [1.165, 1.54) is 20.3 Å². The molecule has 0 radical (unpaired) electrons. The molecule has 2 aromatic rings. The zero-order chi connectivity index (χ0) is 25.7. The van der Waals surface area contributed by atoms with E-state index in [0.717, 1.165) is 4.90 Å². The summed E-state index contributed by atoms with van der Waals surface area (Å²) in [6.07, 6.45) is -0.262. The van der Waals surface area contributed by atoms with E-state index < -0.39 is 23.8 Å². The second kappa shape index (κ2) is 11.0. The number of nitrogens with one attached hydrogen (secondary N) is 1. The van der Waals surface area contributed by atoms with Gasteiger partial charge in [-0.1, -0.05) is 12.1 Å². The summed E-state index contributed by atoms with van der Waals surface area (Å²) in [5.41, 5.74) is 0.952. The van der Waals surface area contributed by atoms with E-state index >= 15 is 0 Å². The minimum atomic E-state index is -0.967. The maximum Gasteiger partial charge on any atom is 0.307 e. The number of carbonyl (C=O) groups excluding carboxylic acids is 4. The molecule has 3 amide bonds. The van der Waals surface area contributed by atoms with Crippen LogP contribution in [0, 0.1) is 0 Å². The van der Waals surface area contributed by atoms with Crippen molar-refractivity contribution in [2.75, 3.05) is 46.8 Å². The van der Waals surface area contributed by atoms with Crippen molar-refractivity contribution < 1.29 is 33.4 Å². The number of imide groups is 1. The topological polar surface area (TPSA) is 114 Å². The molecule has 35 heavy (non-hydrogen) atoms. The normalized spacial score (nSPS) is 13.5. The van der Waals surface area contributed by atoms with Gasteiger partial charge in [-0.25, -0.2) is 0 Å². The van der Waals surface area contributed by atoms with E-state index in [-0.39, 0.29) is 35.7 Å². The third-order valence-corrected chi connectivity index (χ3v) is 5.45. The van der Waals surface area contributed by atoms with Crippen LogP contribution in [-0.2, 0) is 14.3 Å². The number of esters is 1. The molecule has 0 saturated carbocycles. The van der Waals surface area contributed by atoms with Crippen LogP contribution in [0.25, 0.3) is 0 Å². The van der Waals surface area contributed by atoms with Crippen molar-refractivity contribution >= 4 is 29.4 Å². The lowest BCUT2D eigenvalue weighted by Crippen LogP contribution is -2.36. The van der Waals surface area contributed by atoms with Crippen molar-refractivity contribution in [3.63, 3.8) is 0 Å². The molecule has 1 aliphatic heterocycles. The summed E-state index contributed by atoms with van der Waals surface area (Å²) in [7, 11) is 6.22.